The summed E-state index contributed by atoms with van der Waals surface area (Å²) in [7, 11) is 1.66. The molecule has 1 aromatic carbocycles. The van der Waals surface area contributed by atoms with Crippen molar-refractivity contribution in [2.24, 2.45) is 0 Å². The Hall–Kier alpha value is -2.60. The van der Waals surface area contributed by atoms with Gasteiger partial charge in [-0.2, -0.15) is 0 Å². The van der Waals surface area contributed by atoms with Crippen molar-refractivity contribution < 1.29 is 9.53 Å². The van der Waals surface area contributed by atoms with E-state index in [1.807, 2.05) is 52.9 Å². The number of rotatable bonds is 3. The Labute approximate surface area is 144 Å². The third kappa shape index (κ3) is 2.59. The van der Waals surface area contributed by atoms with Crippen LogP contribution < -0.4 is 4.74 Å². The second-order valence-corrected chi connectivity index (χ2v) is 6.65. The Morgan fingerprint density at radius 2 is 2.25 bits per heavy atom. The molecule has 1 aliphatic rings. The third-order valence-electron chi connectivity index (χ3n) is 4.33. The molecule has 0 fully saturated rings. The number of methoxy groups -OCH3 is 1. The fraction of sp³-hybridized carbons (Fsp3) is 0.222. The first-order valence-corrected chi connectivity index (χ1v) is 8.62. The summed E-state index contributed by atoms with van der Waals surface area (Å²) in [5.41, 5.74) is 1.07. The standard InChI is InChI=1S/C18H17N3O2S/c1-23-14-5-2-4-13(10-14)15-11-20-8-7-19-17(20)12-21(15)18(22)16-6-3-9-24-16/h2-10,15H,11-12H2,1H3/t15-/m1/s1. The van der Waals surface area contributed by atoms with Gasteiger partial charge in [-0.05, 0) is 29.1 Å². The second-order valence-electron chi connectivity index (χ2n) is 5.70. The first-order chi connectivity index (χ1) is 11.8. The van der Waals surface area contributed by atoms with E-state index in [0.29, 0.717) is 13.1 Å². The van der Waals surface area contributed by atoms with E-state index in [2.05, 4.69) is 9.55 Å². The summed E-state index contributed by atoms with van der Waals surface area (Å²) >= 11 is 1.47. The van der Waals surface area contributed by atoms with Gasteiger partial charge in [0, 0.05) is 18.9 Å². The summed E-state index contributed by atoms with van der Waals surface area (Å²) in [6.07, 6.45) is 3.76. The number of hydrogen-bond donors (Lipinski definition) is 0. The molecule has 1 aliphatic heterocycles. The smallest absolute Gasteiger partial charge is 0.264 e. The Morgan fingerprint density at radius 3 is 3.04 bits per heavy atom. The van der Waals surface area contributed by atoms with Crippen LogP contribution in [0.3, 0.4) is 0 Å². The highest BCUT2D eigenvalue weighted by molar-refractivity contribution is 7.12. The zero-order valence-electron chi connectivity index (χ0n) is 13.3. The predicted molar refractivity (Wildman–Crippen MR) is 92.2 cm³/mol. The highest BCUT2D eigenvalue weighted by atomic mass is 32.1. The van der Waals surface area contributed by atoms with E-state index in [0.717, 1.165) is 22.0 Å². The summed E-state index contributed by atoms with van der Waals surface area (Å²) in [5, 5.41) is 1.93. The van der Waals surface area contributed by atoms with Crippen LogP contribution in [0.2, 0.25) is 0 Å². The molecule has 0 bridgehead atoms. The summed E-state index contributed by atoms with van der Waals surface area (Å²) in [4.78, 5) is 20.0. The number of thiophene rings is 1. The topological polar surface area (TPSA) is 47.4 Å². The maximum atomic E-state index is 13.0. The molecule has 0 aliphatic carbocycles. The Balaban J connectivity index is 1.74. The highest BCUT2D eigenvalue weighted by Crippen LogP contribution is 2.32. The lowest BCUT2D eigenvalue weighted by Crippen LogP contribution is -2.40. The number of fused-ring (bicyclic) bond motifs is 1. The lowest BCUT2D eigenvalue weighted by Gasteiger charge is -2.36. The van der Waals surface area contributed by atoms with Crippen LogP contribution in [0.15, 0.2) is 54.2 Å². The van der Waals surface area contributed by atoms with Crippen LogP contribution in [-0.2, 0) is 13.1 Å². The van der Waals surface area contributed by atoms with Gasteiger partial charge in [0.15, 0.2) is 0 Å². The van der Waals surface area contributed by atoms with Crippen LogP contribution in [0.4, 0.5) is 0 Å². The minimum absolute atomic E-state index is 0.0450. The van der Waals surface area contributed by atoms with Gasteiger partial charge in [-0.15, -0.1) is 11.3 Å². The number of hydrogen-bond acceptors (Lipinski definition) is 4. The van der Waals surface area contributed by atoms with Gasteiger partial charge in [0.05, 0.1) is 24.6 Å². The van der Waals surface area contributed by atoms with Crippen molar-refractivity contribution >= 4 is 17.2 Å². The van der Waals surface area contributed by atoms with Crippen molar-refractivity contribution in [3.05, 3.63) is 70.4 Å². The molecule has 122 valence electrons. The molecule has 0 N–H and O–H groups in total. The largest absolute Gasteiger partial charge is 0.497 e. The SMILES string of the molecule is COc1cccc([C@H]2Cn3ccnc3CN2C(=O)c2cccs2)c1. The molecule has 3 aromatic rings. The minimum atomic E-state index is -0.0450. The Morgan fingerprint density at radius 1 is 1.33 bits per heavy atom. The number of carbonyl (C=O) groups excluding carboxylic acids is 1. The van der Waals surface area contributed by atoms with Gasteiger partial charge in [0.25, 0.3) is 5.91 Å². The molecular weight excluding hydrogens is 322 g/mol. The molecule has 0 radical (unpaired) electrons. The van der Waals surface area contributed by atoms with Gasteiger partial charge in [0.2, 0.25) is 0 Å². The van der Waals surface area contributed by atoms with Crippen LogP contribution in [0, 0.1) is 0 Å². The maximum Gasteiger partial charge on any atom is 0.264 e. The molecule has 2 aromatic heterocycles. The van der Waals surface area contributed by atoms with Gasteiger partial charge >= 0.3 is 0 Å². The lowest BCUT2D eigenvalue weighted by molar-refractivity contribution is 0.0589. The van der Waals surface area contributed by atoms with E-state index in [1.165, 1.54) is 11.3 Å². The predicted octanol–water partition coefficient (Wildman–Crippen LogP) is 3.35. The molecule has 0 spiro atoms. The van der Waals surface area contributed by atoms with E-state index in [9.17, 15) is 4.79 Å². The van der Waals surface area contributed by atoms with Crippen molar-refractivity contribution in [2.75, 3.05) is 7.11 Å². The molecular formula is C18H17N3O2S. The molecule has 0 saturated carbocycles. The fourth-order valence-electron chi connectivity index (χ4n) is 3.09. The molecule has 5 nitrogen and oxygen atoms in total. The number of imidazole rings is 1. The summed E-state index contributed by atoms with van der Waals surface area (Å²) in [6.45, 7) is 1.20. The highest BCUT2D eigenvalue weighted by Gasteiger charge is 2.32. The van der Waals surface area contributed by atoms with E-state index >= 15 is 0 Å². The van der Waals surface area contributed by atoms with Gasteiger partial charge in [0.1, 0.15) is 11.6 Å². The molecule has 6 heteroatoms. The normalized spacial score (nSPS) is 16.7. The zero-order valence-corrected chi connectivity index (χ0v) is 14.1. The third-order valence-corrected chi connectivity index (χ3v) is 5.19. The number of carbonyl (C=O) groups is 1. The van der Waals surface area contributed by atoms with Gasteiger partial charge < -0.3 is 14.2 Å². The molecule has 0 saturated heterocycles. The lowest BCUT2D eigenvalue weighted by atomic mass is 10.0. The number of amides is 1. The van der Waals surface area contributed by atoms with E-state index in [-0.39, 0.29) is 11.9 Å². The first kappa shape index (κ1) is 15.0. The molecule has 0 unspecified atom stereocenters. The van der Waals surface area contributed by atoms with Gasteiger partial charge in [-0.1, -0.05) is 18.2 Å². The summed E-state index contributed by atoms with van der Waals surface area (Å²) < 4.78 is 7.46. The van der Waals surface area contributed by atoms with Gasteiger partial charge in [-0.25, -0.2) is 4.98 Å². The number of ether oxygens (including phenoxy) is 1. The van der Waals surface area contributed by atoms with Crippen LogP contribution in [0.25, 0.3) is 0 Å². The van der Waals surface area contributed by atoms with Crippen molar-refractivity contribution in [3.63, 3.8) is 0 Å². The van der Waals surface area contributed by atoms with Crippen LogP contribution >= 0.6 is 11.3 Å². The second kappa shape index (κ2) is 6.13. The Bertz CT molecular complexity index is 857. The number of benzene rings is 1. The number of aromatic nitrogens is 2. The van der Waals surface area contributed by atoms with Crippen molar-refractivity contribution in [3.8, 4) is 5.75 Å². The minimum Gasteiger partial charge on any atom is -0.497 e. The fourth-order valence-corrected chi connectivity index (χ4v) is 3.77. The average molecular weight is 339 g/mol. The molecule has 1 amide bonds. The molecule has 1 atom stereocenters. The van der Waals surface area contributed by atoms with E-state index in [1.54, 1.807) is 13.3 Å². The van der Waals surface area contributed by atoms with E-state index in [4.69, 9.17) is 4.74 Å². The first-order valence-electron chi connectivity index (χ1n) is 7.74. The molecule has 3 heterocycles. The van der Waals surface area contributed by atoms with Crippen molar-refractivity contribution in [1.29, 1.82) is 0 Å². The zero-order chi connectivity index (χ0) is 16.5. The van der Waals surface area contributed by atoms with Crippen molar-refractivity contribution in [1.82, 2.24) is 14.5 Å². The van der Waals surface area contributed by atoms with Crippen LogP contribution in [0.5, 0.6) is 5.75 Å². The maximum absolute atomic E-state index is 13.0. The van der Waals surface area contributed by atoms with Crippen LogP contribution in [-0.4, -0.2) is 27.5 Å². The van der Waals surface area contributed by atoms with E-state index < -0.39 is 0 Å². The van der Waals surface area contributed by atoms with Crippen LogP contribution in [0.1, 0.15) is 27.1 Å². The van der Waals surface area contributed by atoms with Crippen molar-refractivity contribution in [2.45, 2.75) is 19.1 Å². The summed E-state index contributed by atoms with van der Waals surface area (Å²) in [5.74, 6) is 1.76. The summed E-state index contributed by atoms with van der Waals surface area (Å²) in [6, 6.07) is 11.7. The number of nitrogens with zero attached hydrogens (tertiary/aromatic N) is 3. The van der Waals surface area contributed by atoms with Gasteiger partial charge in [-0.3, -0.25) is 4.79 Å². The quantitative estimate of drug-likeness (QED) is 0.735. The monoisotopic (exact) mass is 339 g/mol. The molecule has 24 heavy (non-hydrogen) atoms. The average Bonchev–Trinajstić information content (AvgIpc) is 3.31. The Kier molecular flexibility index (Phi) is 3.82. The molecule has 4 rings (SSSR count).